The van der Waals surface area contributed by atoms with Crippen LogP contribution < -0.4 is 4.90 Å². The van der Waals surface area contributed by atoms with Crippen molar-refractivity contribution in [2.45, 2.75) is 0 Å². The van der Waals surface area contributed by atoms with Crippen LogP contribution in [0, 0.1) is 0 Å². The predicted octanol–water partition coefficient (Wildman–Crippen LogP) is 17.6. The number of benzene rings is 12. The fourth-order valence-corrected chi connectivity index (χ4v) is 9.91. The molecule has 0 aliphatic carbocycles. The SMILES string of the molecule is c1ccc(-c2c(-c3ccccc3)c3cc(-c4ccccc4N(c4ccc(-c5cc6ccccc6c6ccccc56)cc4)c4ccc5ccccc5c4)ccc3c3ccccc23)cc1. The minimum atomic E-state index is 1.09. The van der Waals surface area contributed by atoms with E-state index in [0.29, 0.717) is 0 Å². The predicted molar refractivity (Wildman–Crippen MR) is 270 cm³/mol. The topological polar surface area (TPSA) is 3.24 Å². The Kier molecular flexibility index (Phi) is 8.90. The number of anilines is 3. The van der Waals surface area contributed by atoms with E-state index < -0.39 is 0 Å². The van der Waals surface area contributed by atoms with Crippen molar-refractivity contribution in [3.8, 4) is 44.5 Å². The van der Waals surface area contributed by atoms with Crippen molar-refractivity contribution in [1.82, 2.24) is 0 Å². The van der Waals surface area contributed by atoms with E-state index in [2.05, 4.69) is 254 Å². The lowest BCUT2D eigenvalue weighted by atomic mass is 9.84. The minimum Gasteiger partial charge on any atom is -0.310 e. The molecule has 0 amide bonds. The molecular weight excluding hydrogens is 759 g/mol. The molecule has 294 valence electrons. The molecule has 0 aliphatic heterocycles. The molecule has 1 nitrogen and oxygen atoms in total. The Balaban J connectivity index is 1.07. The number of para-hydroxylation sites is 1. The number of hydrogen-bond donors (Lipinski definition) is 0. The Labute approximate surface area is 367 Å². The molecule has 0 atom stereocenters. The van der Waals surface area contributed by atoms with Crippen LogP contribution in [0.2, 0.25) is 0 Å². The molecular formula is C62H41N. The number of hydrogen-bond acceptors (Lipinski definition) is 1. The van der Waals surface area contributed by atoms with Gasteiger partial charge in [-0.15, -0.1) is 0 Å². The summed E-state index contributed by atoms with van der Waals surface area (Å²) >= 11 is 0. The first-order valence-corrected chi connectivity index (χ1v) is 21.8. The standard InChI is InChI=1S/C62H41N/c1-3-18-44(19-4-1)61-57-29-14-13-27-54(57)56-38-34-48(41-59(56)62(61)45-20-5-2-6-21-45)52-25-15-16-30-60(52)63(50-37-31-42-17-7-8-22-46(42)39-50)49-35-32-43(33-36-49)58-40-47-23-9-10-24-51(47)53-26-11-12-28-55(53)58/h1-41H. The summed E-state index contributed by atoms with van der Waals surface area (Å²) in [5.74, 6) is 0. The number of fused-ring (bicyclic) bond motifs is 7. The molecule has 0 fully saturated rings. The summed E-state index contributed by atoms with van der Waals surface area (Å²) in [5.41, 5.74) is 13.0. The Morgan fingerprint density at radius 3 is 1.46 bits per heavy atom. The highest BCUT2D eigenvalue weighted by Crippen LogP contribution is 2.48. The second-order valence-electron chi connectivity index (χ2n) is 16.4. The van der Waals surface area contributed by atoms with Crippen molar-refractivity contribution in [2.75, 3.05) is 4.90 Å². The van der Waals surface area contributed by atoms with E-state index in [9.17, 15) is 0 Å². The van der Waals surface area contributed by atoms with Gasteiger partial charge in [0.05, 0.1) is 5.69 Å². The summed E-state index contributed by atoms with van der Waals surface area (Å²) in [6, 6.07) is 91.1. The van der Waals surface area contributed by atoms with Crippen LogP contribution >= 0.6 is 0 Å². The first-order valence-electron chi connectivity index (χ1n) is 21.8. The molecule has 0 bridgehead atoms. The fourth-order valence-electron chi connectivity index (χ4n) is 9.91. The Morgan fingerprint density at radius 1 is 0.222 bits per heavy atom. The summed E-state index contributed by atoms with van der Waals surface area (Å²) < 4.78 is 0. The largest absolute Gasteiger partial charge is 0.310 e. The van der Waals surface area contributed by atoms with E-state index in [1.54, 1.807) is 0 Å². The Bertz CT molecular complexity index is 3660. The summed E-state index contributed by atoms with van der Waals surface area (Å²) in [6.45, 7) is 0. The van der Waals surface area contributed by atoms with Crippen molar-refractivity contribution < 1.29 is 0 Å². The molecule has 0 unspecified atom stereocenters. The van der Waals surface area contributed by atoms with Crippen molar-refractivity contribution in [3.63, 3.8) is 0 Å². The highest BCUT2D eigenvalue weighted by atomic mass is 15.1. The van der Waals surface area contributed by atoms with E-state index in [1.807, 2.05) is 0 Å². The molecule has 0 radical (unpaired) electrons. The second-order valence-corrected chi connectivity index (χ2v) is 16.4. The first-order chi connectivity index (χ1) is 31.3. The minimum absolute atomic E-state index is 1.09. The van der Waals surface area contributed by atoms with Crippen LogP contribution in [0.5, 0.6) is 0 Å². The van der Waals surface area contributed by atoms with Crippen molar-refractivity contribution in [3.05, 3.63) is 249 Å². The molecule has 0 saturated carbocycles. The lowest BCUT2D eigenvalue weighted by Crippen LogP contribution is -2.11. The van der Waals surface area contributed by atoms with Crippen molar-refractivity contribution >= 4 is 70.9 Å². The van der Waals surface area contributed by atoms with Gasteiger partial charge in [-0.05, 0) is 135 Å². The lowest BCUT2D eigenvalue weighted by molar-refractivity contribution is 1.29. The fraction of sp³-hybridized carbons (Fsp3) is 0. The zero-order chi connectivity index (χ0) is 41.7. The average Bonchev–Trinajstić information content (AvgIpc) is 3.36. The van der Waals surface area contributed by atoms with E-state index >= 15 is 0 Å². The van der Waals surface area contributed by atoms with E-state index in [-0.39, 0.29) is 0 Å². The lowest BCUT2D eigenvalue weighted by Gasteiger charge is -2.28. The van der Waals surface area contributed by atoms with Gasteiger partial charge in [0.2, 0.25) is 0 Å². The van der Waals surface area contributed by atoms with Gasteiger partial charge in [0, 0.05) is 16.9 Å². The molecule has 0 aliphatic rings. The maximum absolute atomic E-state index is 2.43. The van der Waals surface area contributed by atoms with Crippen LogP contribution in [0.3, 0.4) is 0 Å². The second kappa shape index (κ2) is 15.3. The third kappa shape index (κ3) is 6.33. The highest BCUT2D eigenvalue weighted by molar-refractivity contribution is 6.22. The van der Waals surface area contributed by atoms with Gasteiger partial charge in [0.15, 0.2) is 0 Å². The molecule has 12 rings (SSSR count). The molecule has 0 heterocycles. The summed E-state index contributed by atoms with van der Waals surface area (Å²) in [7, 11) is 0. The molecule has 12 aromatic rings. The average molecular weight is 800 g/mol. The smallest absolute Gasteiger partial charge is 0.0540 e. The monoisotopic (exact) mass is 799 g/mol. The third-order valence-electron chi connectivity index (χ3n) is 12.8. The van der Waals surface area contributed by atoms with Crippen LogP contribution in [0.1, 0.15) is 0 Å². The van der Waals surface area contributed by atoms with Gasteiger partial charge in [-0.1, -0.05) is 206 Å². The maximum Gasteiger partial charge on any atom is 0.0540 e. The molecule has 12 aromatic carbocycles. The molecule has 63 heavy (non-hydrogen) atoms. The molecule has 0 N–H and O–H groups in total. The quantitative estimate of drug-likeness (QED) is 0.145. The number of rotatable bonds is 7. The van der Waals surface area contributed by atoms with E-state index in [0.717, 1.165) is 28.2 Å². The van der Waals surface area contributed by atoms with E-state index in [4.69, 9.17) is 0 Å². The highest BCUT2D eigenvalue weighted by Gasteiger charge is 2.21. The van der Waals surface area contributed by atoms with Crippen molar-refractivity contribution in [2.24, 2.45) is 0 Å². The van der Waals surface area contributed by atoms with Gasteiger partial charge in [-0.25, -0.2) is 0 Å². The van der Waals surface area contributed by atoms with Crippen LogP contribution in [0.25, 0.3) is 98.4 Å². The van der Waals surface area contributed by atoms with Gasteiger partial charge in [-0.2, -0.15) is 0 Å². The molecule has 0 saturated heterocycles. The third-order valence-corrected chi connectivity index (χ3v) is 12.8. The molecule has 0 spiro atoms. The zero-order valence-electron chi connectivity index (χ0n) is 34.6. The van der Waals surface area contributed by atoms with Crippen LogP contribution in [-0.4, -0.2) is 0 Å². The number of nitrogens with zero attached hydrogens (tertiary/aromatic N) is 1. The van der Waals surface area contributed by atoms with Crippen LogP contribution in [-0.2, 0) is 0 Å². The van der Waals surface area contributed by atoms with E-state index in [1.165, 1.54) is 87.2 Å². The zero-order valence-corrected chi connectivity index (χ0v) is 34.6. The van der Waals surface area contributed by atoms with Gasteiger partial charge >= 0.3 is 0 Å². The van der Waals surface area contributed by atoms with Gasteiger partial charge in [0.25, 0.3) is 0 Å². The maximum atomic E-state index is 2.43. The summed E-state index contributed by atoms with van der Waals surface area (Å²) in [4.78, 5) is 2.43. The summed E-state index contributed by atoms with van der Waals surface area (Å²) in [5, 5.41) is 12.5. The molecule has 0 aromatic heterocycles. The van der Waals surface area contributed by atoms with Gasteiger partial charge in [0.1, 0.15) is 0 Å². The van der Waals surface area contributed by atoms with Gasteiger partial charge < -0.3 is 4.90 Å². The Hall–Kier alpha value is -8.26. The van der Waals surface area contributed by atoms with Crippen LogP contribution in [0.4, 0.5) is 17.1 Å². The van der Waals surface area contributed by atoms with Crippen molar-refractivity contribution in [1.29, 1.82) is 0 Å². The first kappa shape index (κ1) is 36.6. The normalized spacial score (nSPS) is 11.5. The molecule has 1 heteroatoms. The van der Waals surface area contributed by atoms with Gasteiger partial charge in [-0.3, -0.25) is 0 Å². The Morgan fingerprint density at radius 2 is 0.730 bits per heavy atom. The van der Waals surface area contributed by atoms with Crippen LogP contribution in [0.15, 0.2) is 249 Å². The summed E-state index contributed by atoms with van der Waals surface area (Å²) in [6.07, 6.45) is 0.